The highest BCUT2D eigenvalue weighted by molar-refractivity contribution is 4.70. The molecule has 0 fully saturated rings. The summed E-state index contributed by atoms with van der Waals surface area (Å²) in [7, 11) is 0. The van der Waals surface area contributed by atoms with Crippen molar-refractivity contribution in [3.63, 3.8) is 0 Å². The number of hydrogen-bond donors (Lipinski definition) is 2. The summed E-state index contributed by atoms with van der Waals surface area (Å²) in [5, 5.41) is 2.25. The third-order valence-electron chi connectivity index (χ3n) is 4.52. The Morgan fingerprint density at radius 1 is 1.00 bits per heavy atom. The van der Waals surface area contributed by atoms with Crippen molar-refractivity contribution in [2.45, 2.75) is 81.2 Å². The molecule has 2 atom stereocenters. The lowest BCUT2D eigenvalue weighted by atomic mass is 9.91. The van der Waals surface area contributed by atoms with Crippen LogP contribution in [0.1, 0.15) is 75.2 Å². The number of nitrogens with one attached hydrogen (secondary N) is 2. The first kappa shape index (κ1) is 20.9. The molecule has 0 aromatic carbocycles. The Morgan fingerprint density at radius 3 is 2.00 bits per heavy atom. The first-order valence-corrected chi connectivity index (χ1v) is 8.84. The topological polar surface area (TPSA) is 27.3 Å². The highest BCUT2D eigenvalue weighted by atomic mass is 15.7. The van der Waals surface area contributed by atoms with E-state index in [9.17, 15) is 0 Å². The van der Waals surface area contributed by atoms with Crippen LogP contribution in [0.2, 0.25) is 0 Å². The molecule has 0 aliphatic heterocycles. The fourth-order valence-electron chi connectivity index (χ4n) is 2.12. The molecular weight excluding hydrogens is 258 g/mol. The SMILES string of the molecule is CCC(C)(C)CNN(CC(C)C(C)C)NC(C)CC(C)C. The van der Waals surface area contributed by atoms with Gasteiger partial charge in [0.2, 0.25) is 0 Å². The van der Waals surface area contributed by atoms with Gasteiger partial charge in [-0.05, 0) is 42.9 Å². The van der Waals surface area contributed by atoms with E-state index in [-0.39, 0.29) is 0 Å². The quantitative estimate of drug-likeness (QED) is 0.552. The molecular formula is C18H41N3. The molecule has 0 aromatic heterocycles. The van der Waals surface area contributed by atoms with Crippen molar-refractivity contribution < 1.29 is 0 Å². The Labute approximate surface area is 134 Å². The van der Waals surface area contributed by atoms with Crippen molar-refractivity contribution >= 4 is 0 Å². The molecule has 0 radical (unpaired) electrons. The Balaban J connectivity index is 4.53. The average Bonchev–Trinajstić information content (AvgIpc) is 2.34. The minimum absolute atomic E-state index is 0.336. The highest BCUT2D eigenvalue weighted by Gasteiger charge is 2.20. The van der Waals surface area contributed by atoms with E-state index in [0.29, 0.717) is 23.3 Å². The van der Waals surface area contributed by atoms with Crippen LogP contribution in [0.4, 0.5) is 0 Å². The lowest BCUT2D eigenvalue weighted by molar-refractivity contribution is 0.0471. The third-order valence-corrected chi connectivity index (χ3v) is 4.52. The summed E-state index contributed by atoms with van der Waals surface area (Å²) in [6.45, 7) is 22.7. The van der Waals surface area contributed by atoms with Crippen molar-refractivity contribution in [2.75, 3.05) is 13.1 Å². The Bertz CT molecular complexity index is 261. The van der Waals surface area contributed by atoms with Gasteiger partial charge in [-0.15, -0.1) is 0 Å². The summed E-state index contributed by atoms with van der Waals surface area (Å²) in [5.74, 6) is 2.10. The number of nitrogens with zero attached hydrogens (tertiary/aromatic N) is 1. The van der Waals surface area contributed by atoms with Gasteiger partial charge in [0, 0.05) is 19.1 Å². The molecule has 2 unspecified atom stereocenters. The zero-order valence-corrected chi connectivity index (χ0v) is 16.1. The van der Waals surface area contributed by atoms with E-state index in [1.165, 1.54) is 12.8 Å². The second-order valence-corrected chi connectivity index (χ2v) is 8.34. The lowest BCUT2D eigenvalue weighted by Gasteiger charge is -2.34. The monoisotopic (exact) mass is 299 g/mol. The summed E-state index contributed by atoms with van der Waals surface area (Å²) < 4.78 is 0. The fourth-order valence-corrected chi connectivity index (χ4v) is 2.12. The van der Waals surface area contributed by atoms with Crippen LogP contribution in [0.3, 0.4) is 0 Å². The minimum Gasteiger partial charge on any atom is -0.241 e. The summed E-state index contributed by atoms with van der Waals surface area (Å²) in [6.07, 6.45) is 2.39. The van der Waals surface area contributed by atoms with Gasteiger partial charge in [-0.1, -0.05) is 55.4 Å². The van der Waals surface area contributed by atoms with E-state index in [4.69, 9.17) is 0 Å². The Morgan fingerprint density at radius 2 is 1.57 bits per heavy atom. The van der Waals surface area contributed by atoms with E-state index in [0.717, 1.165) is 19.0 Å². The van der Waals surface area contributed by atoms with Crippen LogP contribution in [0.15, 0.2) is 0 Å². The molecule has 0 rings (SSSR count). The maximum atomic E-state index is 3.65. The molecule has 0 spiro atoms. The highest BCUT2D eigenvalue weighted by Crippen LogP contribution is 2.18. The molecule has 21 heavy (non-hydrogen) atoms. The molecule has 0 aromatic rings. The third kappa shape index (κ3) is 10.3. The van der Waals surface area contributed by atoms with Gasteiger partial charge in [-0.25, -0.2) is 10.9 Å². The van der Waals surface area contributed by atoms with Crippen molar-refractivity contribution in [3.05, 3.63) is 0 Å². The van der Waals surface area contributed by atoms with E-state index in [1.807, 2.05) is 0 Å². The maximum absolute atomic E-state index is 3.65. The smallest absolute Gasteiger partial charge is 0.0316 e. The van der Waals surface area contributed by atoms with Crippen molar-refractivity contribution in [1.29, 1.82) is 0 Å². The predicted octanol–water partition coefficient (Wildman–Crippen LogP) is 4.46. The first-order valence-electron chi connectivity index (χ1n) is 8.84. The van der Waals surface area contributed by atoms with E-state index >= 15 is 0 Å². The lowest BCUT2D eigenvalue weighted by Crippen LogP contribution is -2.55. The maximum Gasteiger partial charge on any atom is 0.0316 e. The minimum atomic E-state index is 0.336. The average molecular weight is 300 g/mol. The van der Waals surface area contributed by atoms with Crippen LogP contribution in [0, 0.1) is 23.2 Å². The summed E-state index contributed by atoms with van der Waals surface area (Å²) in [4.78, 5) is 0. The van der Waals surface area contributed by atoms with Gasteiger partial charge < -0.3 is 0 Å². The van der Waals surface area contributed by atoms with E-state index in [2.05, 4.69) is 78.3 Å². The predicted molar refractivity (Wildman–Crippen MR) is 94.8 cm³/mol. The Hall–Kier alpha value is -0.120. The number of rotatable bonds is 11. The van der Waals surface area contributed by atoms with Gasteiger partial charge in [-0.2, -0.15) is 5.12 Å². The number of hydrogen-bond acceptors (Lipinski definition) is 3. The van der Waals surface area contributed by atoms with Crippen molar-refractivity contribution in [3.8, 4) is 0 Å². The zero-order valence-electron chi connectivity index (χ0n) is 16.1. The molecule has 0 aliphatic carbocycles. The van der Waals surface area contributed by atoms with Gasteiger partial charge in [0.05, 0.1) is 0 Å². The van der Waals surface area contributed by atoms with Crippen molar-refractivity contribution in [2.24, 2.45) is 23.2 Å². The molecule has 3 heteroatoms. The summed E-state index contributed by atoms with van der Waals surface area (Å²) >= 11 is 0. The van der Waals surface area contributed by atoms with E-state index in [1.54, 1.807) is 0 Å². The van der Waals surface area contributed by atoms with Crippen LogP contribution in [0.25, 0.3) is 0 Å². The Kier molecular flexibility index (Phi) is 9.75. The van der Waals surface area contributed by atoms with Crippen LogP contribution in [0.5, 0.6) is 0 Å². The normalized spacial score (nSPS) is 16.0. The largest absolute Gasteiger partial charge is 0.241 e. The number of hydrazine groups is 2. The second kappa shape index (κ2) is 9.81. The van der Waals surface area contributed by atoms with Gasteiger partial charge in [0.1, 0.15) is 0 Å². The first-order chi connectivity index (χ1) is 9.57. The molecule has 0 amide bonds. The van der Waals surface area contributed by atoms with E-state index < -0.39 is 0 Å². The van der Waals surface area contributed by atoms with Gasteiger partial charge in [0.25, 0.3) is 0 Å². The second-order valence-electron chi connectivity index (χ2n) is 8.34. The molecule has 128 valence electrons. The molecule has 0 saturated heterocycles. The molecule has 2 N–H and O–H groups in total. The van der Waals surface area contributed by atoms with Crippen LogP contribution in [-0.2, 0) is 0 Å². The van der Waals surface area contributed by atoms with Crippen LogP contribution < -0.4 is 10.9 Å². The standard InChI is InChI=1S/C18H41N3/c1-10-18(8,9)13-19-21(12-16(6)15(4)5)20-17(7)11-14(2)3/h14-17,19-20H,10-13H2,1-9H3. The molecule has 0 heterocycles. The molecule has 3 nitrogen and oxygen atoms in total. The van der Waals surface area contributed by atoms with Gasteiger partial charge in [0.15, 0.2) is 0 Å². The molecule has 0 saturated carbocycles. The van der Waals surface area contributed by atoms with Crippen LogP contribution in [-0.4, -0.2) is 24.2 Å². The van der Waals surface area contributed by atoms with Gasteiger partial charge in [-0.3, -0.25) is 0 Å². The van der Waals surface area contributed by atoms with Crippen molar-refractivity contribution in [1.82, 2.24) is 16.0 Å². The molecule has 0 aliphatic rings. The van der Waals surface area contributed by atoms with Gasteiger partial charge >= 0.3 is 0 Å². The van der Waals surface area contributed by atoms with Crippen LogP contribution >= 0.6 is 0 Å². The molecule has 0 bridgehead atoms. The zero-order chi connectivity index (χ0) is 16.6. The summed E-state index contributed by atoms with van der Waals surface area (Å²) in [6, 6.07) is 0.501. The fraction of sp³-hybridized carbons (Fsp3) is 1.00. The summed E-state index contributed by atoms with van der Waals surface area (Å²) in [5.41, 5.74) is 7.61.